The number of aryl methyl sites for hydroxylation is 2. The Morgan fingerprint density at radius 3 is 2.50 bits per heavy atom. The van der Waals surface area contributed by atoms with Crippen LogP contribution in [-0.2, 0) is 13.5 Å². The fourth-order valence-corrected chi connectivity index (χ4v) is 2.38. The van der Waals surface area contributed by atoms with Crippen LogP contribution >= 0.6 is 0 Å². The molecule has 0 aliphatic carbocycles. The Balaban J connectivity index is 2.06. The quantitative estimate of drug-likeness (QED) is 0.803. The van der Waals surface area contributed by atoms with Gasteiger partial charge < -0.3 is 10.0 Å². The minimum atomic E-state index is -0.535. The number of hydrogen-bond acceptors (Lipinski definition) is 3. The second kappa shape index (κ2) is 4.18. The second-order valence-electron chi connectivity index (χ2n) is 5.11. The van der Waals surface area contributed by atoms with Crippen molar-refractivity contribution < 1.29 is 5.11 Å². The van der Waals surface area contributed by atoms with Gasteiger partial charge in [-0.15, -0.1) is 0 Å². The zero-order valence-electron chi connectivity index (χ0n) is 10.4. The van der Waals surface area contributed by atoms with Crippen LogP contribution in [0.3, 0.4) is 0 Å². The van der Waals surface area contributed by atoms with E-state index in [4.69, 9.17) is 0 Å². The predicted molar refractivity (Wildman–Crippen MR) is 63.3 cm³/mol. The number of aromatic nitrogens is 2. The van der Waals surface area contributed by atoms with Gasteiger partial charge in [-0.05, 0) is 32.9 Å². The molecule has 0 amide bonds. The van der Waals surface area contributed by atoms with Crippen LogP contribution in [0, 0.1) is 6.92 Å². The molecule has 4 heteroatoms. The molecule has 0 bridgehead atoms. The summed E-state index contributed by atoms with van der Waals surface area (Å²) in [5, 5.41) is 14.8. The Morgan fingerprint density at radius 2 is 2.00 bits per heavy atom. The SMILES string of the molecule is Cc1cc(CC2(O)CCN(C)CC2)n(C)n1. The zero-order chi connectivity index (χ0) is 11.8. The number of nitrogens with zero attached hydrogens (tertiary/aromatic N) is 3. The molecule has 2 heterocycles. The van der Waals surface area contributed by atoms with Gasteiger partial charge in [-0.3, -0.25) is 4.68 Å². The van der Waals surface area contributed by atoms with Crippen LogP contribution in [0.4, 0.5) is 0 Å². The summed E-state index contributed by atoms with van der Waals surface area (Å²) in [5.74, 6) is 0. The van der Waals surface area contributed by atoms with Crippen LogP contribution in [0.25, 0.3) is 0 Å². The zero-order valence-corrected chi connectivity index (χ0v) is 10.4. The van der Waals surface area contributed by atoms with Crippen molar-refractivity contribution in [3.05, 3.63) is 17.5 Å². The van der Waals surface area contributed by atoms with E-state index in [1.165, 1.54) is 0 Å². The Morgan fingerprint density at radius 1 is 1.38 bits per heavy atom. The average Bonchev–Trinajstić information content (AvgIpc) is 2.51. The maximum absolute atomic E-state index is 10.5. The van der Waals surface area contributed by atoms with Crippen molar-refractivity contribution in [3.63, 3.8) is 0 Å². The van der Waals surface area contributed by atoms with Gasteiger partial charge in [-0.2, -0.15) is 5.10 Å². The van der Waals surface area contributed by atoms with E-state index in [1.54, 1.807) is 0 Å². The minimum absolute atomic E-state index is 0.535. The lowest BCUT2D eigenvalue weighted by Gasteiger charge is -2.36. The lowest BCUT2D eigenvalue weighted by molar-refractivity contribution is -0.0163. The molecular formula is C12H21N3O. The molecule has 1 saturated heterocycles. The van der Waals surface area contributed by atoms with Gasteiger partial charge in [-0.1, -0.05) is 0 Å². The van der Waals surface area contributed by atoms with Crippen molar-refractivity contribution >= 4 is 0 Å². The highest BCUT2D eigenvalue weighted by atomic mass is 16.3. The fourth-order valence-electron chi connectivity index (χ4n) is 2.38. The van der Waals surface area contributed by atoms with Crippen LogP contribution in [0.5, 0.6) is 0 Å². The summed E-state index contributed by atoms with van der Waals surface area (Å²) in [6.07, 6.45) is 2.43. The fraction of sp³-hybridized carbons (Fsp3) is 0.750. The van der Waals surface area contributed by atoms with E-state index in [9.17, 15) is 5.11 Å². The average molecular weight is 223 g/mol. The maximum Gasteiger partial charge on any atom is 0.0727 e. The van der Waals surface area contributed by atoms with E-state index in [0.717, 1.165) is 43.7 Å². The molecule has 0 atom stereocenters. The topological polar surface area (TPSA) is 41.3 Å². The van der Waals surface area contributed by atoms with E-state index in [0.29, 0.717) is 0 Å². The summed E-state index contributed by atoms with van der Waals surface area (Å²) in [5.41, 5.74) is 1.62. The van der Waals surface area contributed by atoms with E-state index >= 15 is 0 Å². The highest BCUT2D eigenvalue weighted by Gasteiger charge is 2.32. The van der Waals surface area contributed by atoms with E-state index in [1.807, 2.05) is 18.7 Å². The van der Waals surface area contributed by atoms with Gasteiger partial charge in [0.2, 0.25) is 0 Å². The second-order valence-corrected chi connectivity index (χ2v) is 5.11. The molecule has 0 aromatic carbocycles. The van der Waals surface area contributed by atoms with Gasteiger partial charge in [0.15, 0.2) is 0 Å². The molecule has 1 N–H and O–H groups in total. The largest absolute Gasteiger partial charge is 0.389 e. The lowest BCUT2D eigenvalue weighted by atomic mass is 9.87. The van der Waals surface area contributed by atoms with Crippen LogP contribution in [0.1, 0.15) is 24.2 Å². The van der Waals surface area contributed by atoms with Gasteiger partial charge in [0.1, 0.15) is 0 Å². The predicted octanol–water partition coefficient (Wildman–Crippen LogP) is 0.728. The number of likely N-dealkylation sites (tertiary alicyclic amines) is 1. The maximum atomic E-state index is 10.5. The van der Waals surface area contributed by atoms with E-state index in [-0.39, 0.29) is 0 Å². The van der Waals surface area contributed by atoms with Gasteiger partial charge in [0.05, 0.1) is 11.3 Å². The van der Waals surface area contributed by atoms with Gasteiger partial charge in [0.25, 0.3) is 0 Å². The number of piperidine rings is 1. The molecule has 4 nitrogen and oxygen atoms in total. The Labute approximate surface area is 96.9 Å². The lowest BCUT2D eigenvalue weighted by Crippen LogP contribution is -2.44. The van der Waals surface area contributed by atoms with Crippen molar-refractivity contribution in [2.45, 2.75) is 31.8 Å². The van der Waals surface area contributed by atoms with Crippen LogP contribution in [0.15, 0.2) is 6.07 Å². The molecule has 0 spiro atoms. The molecule has 2 rings (SSSR count). The molecule has 0 unspecified atom stereocenters. The Kier molecular flexibility index (Phi) is 3.04. The smallest absolute Gasteiger partial charge is 0.0727 e. The molecule has 1 aliphatic rings. The number of hydrogen-bond donors (Lipinski definition) is 1. The van der Waals surface area contributed by atoms with E-state index in [2.05, 4.69) is 23.1 Å². The molecule has 90 valence electrons. The first-order valence-corrected chi connectivity index (χ1v) is 5.89. The van der Waals surface area contributed by atoms with Gasteiger partial charge in [-0.25, -0.2) is 0 Å². The summed E-state index contributed by atoms with van der Waals surface area (Å²) >= 11 is 0. The third kappa shape index (κ3) is 2.44. The molecule has 1 aliphatic heterocycles. The van der Waals surface area contributed by atoms with Crippen molar-refractivity contribution in [1.29, 1.82) is 0 Å². The Hall–Kier alpha value is -0.870. The van der Waals surface area contributed by atoms with Crippen molar-refractivity contribution in [1.82, 2.24) is 14.7 Å². The molecule has 1 fully saturated rings. The standard InChI is InChI=1S/C12H21N3O/c1-10-8-11(15(3)13-10)9-12(16)4-6-14(2)7-5-12/h8,16H,4-7,9H2,1-3H3. The van der Waals surface area contributed by atoms with Crippen molar-refractivity contribution in [2.24, 2.45) is 7.05 Å². The number of aliphatic hydroxyl groups is 1. The minimum Gasteiger partial charge on any atom is -0.389 e. The monoisotopic (exact) mass is 223 g/mol. The normalized spacial score (nSPS) is 21.2. The third-order valence-corrected chi connectivity index (χ3v) is 3.53. The summed E-state index contributed by atoms with van der Waals surface area (Å²) < 4.78 is 1.88. The first kappa shape index (κ1) is 11.6. The van der Waals surface area contributed by atoms with Crippen LogP contribution in [-0.4, -0.2) is 45.5 Å². The highest BCUT2D eigenvalue weighted by molar-refractivity contribution is 5.12. The molecule has 1 aromatic heterocycles. The third-order valence-electron chi connectivity index (χ3n) is 3.53. The Bertz CT molecular complexity index is 364. The molecular weight excluding hydrogens is 202 g/mol. The first-order valence-electron chi connectivity index (χ1n) is 5.89. The van der Waals surface area contributed by atoms with Crippen molar-refractivity contribution in [3.8, 4) is 0 Å². The molecule has 16 heavy (non-hydrogen) atoms. The number of rotatable bonds is 2. The molecule has 1 aromatic rings. The first-order chi connectivity index (χ1) is 7.48. The van der Waals surface area contributed by atoms with Gasteiger partial charge >= 0.3 is 0 Å². The van der Waals surface area contributed by atoms with Crippen LogP contribution in [0.2, 0.25) is 0 Å². The summed E-state index contributed by atoms with van der Waals surface area (Å²) in [6.45, 7) is 3.95. The highest BCUT2D eigenvalue weighted by Crippen LogP contribution is 2.25. The summed E-state index contributed by atoms with van der Waals surface area (Å²) in [4.78, 5) is 2.27. The summed E-state index contributed by atoms with van der Waals surface area (Å²) in [6, 6.07) is 2.07. The van der Waals surface area contributed by atoms with Crippen molar-refractivity contribution in [2.75, 3.05) is 20.1 Å². The molecule has 0 saturated carbocycles. The molecule has 0 radical (unpaired) electrons. The summed E-state index contributed by atoms with van der Waals surface area (Å²) in [7, 11) is 4.05. The van der Waals surface area contributed by atoms with Crippen LogP contribution < -0.4 is 0 Å². The van der Waals surface area contributed by atoms with Gasteiger partial charge in [0, 0.05) is 32.3 Å². The van der Waals surface area contributed by atoms with E-state index < -0.39 is 5.60 Å².